The van der Waals surface area contributed by atoms with E-state index in [9.17, 15) is 4.79 Å². The highest BCUT2D eigenvalue weighted by molar-refractivity contribution is 5.68. The largest absolute Gasteiger partial charge is 0.444 e. The van der Waals surface area contributed by atoms with E-state index in [1.54, 1.807) is 0 Å². The molecule has 19 heavy (non-hydrogen) atoms. The van der Waals surface area contributed by atoms with Gasteiger partial charge >= 0.3 is 6.09 Å². The Bertz CT molecular complexity index is 351. The summed E-state index contributed by atoms with van der Waals surface area (Å²) in [4.78, 5) is 16.5. The molecule has 2 fully saturated rings. The molecule has 0 aliphatic carbocycles. The minimum Gasteiger partial charge on any atom is -0.444 e. The third-order valence-electron chi connectivity index (χ3n) is 4.48. The van der Waals surface area contributed by atoms with Crippen molar-refractivity contribution in [2.24, 2.45) is 5.41 Å². The van der Waals surface area contributed by atoms with E-state index in [1.807, 2.05) is 25.7 Å². The van der Waals surface area contributed by atoms with E-state index in [4.69, 9.17) is 4.74 Å². The number of carbonyl (C=O) groups excluding carboxylic acids is 1. The Morgan fingerprint density at radius 3 is 2.53 bits per heavy atom. The van der Waals surface area contributed by atoms with Crippen molar-refractivity contribution in [1.29, 1.82) is 0 Å². The molecule has 0 aromatic carbocycles. The predicted octanol–water partition coefficient (Wildman–Crippen LogP) is 2.73. The van der Waals surface area contributed by atoms with Crippen molar-refractivity contribution < 1.29 is 9.53 Å². The van der Waals surface area contributed by atoms with Crippen molar-refractivity contribution in [3.05, 3.63) is 0 Å². The lowest BCUT2D eigenvalue weighted by molar-refractivity contribution is 0.0255. The van der Waals surface area contributed by atoms with Gasteiger partial charge in [-0.05, 0) is 53.6 Å². The van der Waals surface area contributed by atoms with Crippen LogP contribution in [0.2, 0.25) is 0 Å². The molecule has 0 aromatic heterocycles. The fourth-order valence-corrected chi connectivity index (χ4v) is 3.53. The number of ether oxygens (including phenoxy) is 1. The standard InChI is InChI=1S/C15H28N2O2/c1-14(2,3)19-13(18)17-10-8-15(4,11-17)12-7-6-9-16(12)5/h12H,6-11H2,1-5H3/t12-,15+/m0/s1. The molecule has 0 aromatic rings. The maximum absolute atomic E-state index is 12.1. The van der Waals surface area contributed by atoms with Crippen molar-refractivity contribution in [3.8, 4) is 0 Å². The molecule has 0 saturated carbocycles. The van der Waals surface area contributed by atoms with Crippen LogP contribution in [0.1, 0.15) is 47.0 Å². The molecule has 4 heteroatoms. The highest BCUT2D eigenvalue weighted by atomic mass is 16.6. The van der Waals surface area contributed by atoms with E-state index in [2.05, 4.69) is 18.9 Å². The average Bonchev–Trinajstić information content (AvgIpc) is 2.83. The zero-order valence-electron chi connectivity index (χ0n) is 13.0. The molecule has 1 amide bonds. The first-order valence-corrected chi connectivity index (χ1v) is 7.39. The maximum atomic E-state index is 12.1. The Morgan fingerprint density at radius 1 is 1.32 bits per heavy atom. The van der Waals surface area contributed by atoms with Gasteiger partial charge in [0.15, 0.2) is 0 Å². The average molecular weight is 268 g/mol. The highest BCUT2D eigenvalue weighted by Gasteiger charge is 2.45. The molecule has 110 valence electrons. The summed E-state index contributed by atoms with van der Waals surface area (Å²) < 4.78 is 5.48. The van der Waals surface area contributed by atoms with Gasteiger partial charge in [0.25, 0.3) is 0 Å². The molecule has 0 spiro atoms. The van der Waals surface area contributed by atoms with Crippen molar-refractivity contribution in [2.75, 3.05) is 26.7 Å². The van der Waals surface area contributed by atoms with E-state index in [-0.39, 0.29) is 11.5 Å². The fraction of sp³-hybridized carbons (Fsp3) is 0.933. The lowest BCUT2D eigenvalue weighted by Crippen LogP contribution is -2.44. The van der Waals surface area contributed by atoms with Gasteiger partial charge in [0, 0.05) is 24.5 Å². The molecule has 0 unspecified atom stereocenters. The first kappa shape index (κ1) is 14.6. The van der Waals surface area contributed by atoms with E-state index in [0.717, 1.165) is 19.5 Å². The Labute approximate surface area is 117 Å². The van der Waals surface area contributed by atoms with Gasteiger partial charge in [0.2, 0.25) is 0 Å². The molecule has 2 aliphatic rings. The van der Waals surface area contributed by atoms with Crippen LogP contribution in [0.25, 0.3) is 0 Å². The van der Waals surface area contributed by atoms with Crippen LogP contribution < -0.4 is 0 Å². The van der Waals surface area contributed by atoms with Crippen molar-refractivity contribution in [1.82, 2.24) is 9.80 Å². The van der Waals surface area contributed by atoms with Crippen LogP contribution in [-0.4, -0.2) is 54.2 Å². The van der Waals surface area contributed by atoms with Gasteiger partial charge in [-0.1, -0.05) is 6.92 Å². The first-order valence-electron chi connectivity index (χ1n) is 7.39. The number of rotatable bonds is 1. The molecule has 0 N–H and O–H groups in total. The third-order valence-corrected chi connectivity index (χ3v) is 4.48. The zero-order valence-corrected chi connectivity index (χ0v) is 13.0. The van der Waals surface area contributed by atoms with Crippen LogP contribution in [0.5, 0.6) is 0 Å². The summed E-state index contributed by atoms with van der Waals surface area (Å²) in [5.74, 6) is 0. The van der Waals surface area contributed by atoms with Crippen LogP contribution >= 0.6 is 0 Å². The monoisotopic (exact) mass is 268 g/mol. The number of hydrogen-bond donors (Lipinski definition) is 0. The summed E-state index contributed by atoms with van der Waals surface area (Å²) in [6, 6.07) is 0.611. The lowest BCUT2D eigenvalue weighted by Gasteiger charge is -2.36. The van der Waals surface area contributed by atoms with E-state index in [1.165, 1.54) is 19.4 Å². The molecule has 2 rings (SSSR count). The van der Waals surface area contributed by atoms with Gasteiger partial charge in [0.05, 0.1) is 0 Å². The number of nitrogens with zero attached hydrogens (tertiary/aromatic N) is 2. The van der Waals surface area contributed by atoms with Crippen LogP contribution in [0.15, 0.2) is 0 Å². The Balaban J connectivity index is 1.97. The Hall–Kier alpha value is -0.770. The normalized spacial score (nSPS) is 32.9. The number of likely N-dealkylation sites (tertiary alicyclic amines) is 2. The van der Waals surface area contributed by atoms with Crippen molar-refractivity contribution in [2.45, 2.75) is 58.6 Å². The van der Waals surface area contributed by atoms with Gasteiger partial charge in [-0.3, -0.25) is 0 Å². The predicted molar refractivity (Wildman–Crippen MR) is 76.2 cm³/mol. The summed E-state index contributed by atoms with van der Waals surface area (Å²) in [7, 11) is 2.21. The summed E-state index contributed by atoms with van der Waals surface area (Å²) in [6.07, 6.45) is 3.47. The minimum absolute atomic E-state index is 0.156. The molecule has 2 heterocycles. The van der Waals surface area contributed by atoms with Gasteiger partial charge < -0.3 is 14.5 Å². The lowest BCUT2D eigenvalue weighted by atomic mass is 9.80. The van der Waals surface area contributed by atoms with Crippen LogP contribution in [-0.2, 0) is 4.74 Å². The fourth-order valence-electron chi connectivity index (χ4n) is 3.53. The first-order chi connectivity index (χ1) is 8.71. The zero-order chi connectivity index (χ0) is 14.3. The molecule has 2 aliphatic heterocycles. The summed E-state index contributed by atoms with van der Waals surface area (Å²) in [6.45, 7) is 10.9. The molecule has 0 radical (unpaired) electrons. The summed E-state index contributed by atoms with van der Waals surface area (Å²) in [5, 5.41) is 0. The third kappa shape index (κ3) is 3.22. The second-order valence-electron chi connectivity index (χ2n) is 7.44. The summed E-state index contributed by atoms with van der Waals surface area (Å²) >= 11 is 0. The Morgan fingerprint density at radius 2 is 2.00 bits per heavy atom. The van der Waals surface area contributed by atoms with E-state index >= 15 is 0 Å². The topological polar surface area (TPSA) is 32.8 Å². The molecular weight excluding hydrogens is 240 g/mol. The Kier molecular flexibility index (Phi) is 3.83. The quantitative estimate of drug-likeness (QED) is 0.733. The molecule has 4 nitrogen and oxygen atoms in total. The van der Waals surface area contributed by atoms with Crippen molar-refractivity contribution >= 4 is 6.09 Å². The smallest absolute Gasteiger partial charge is 0.410 e. The molecule has 0 bridgehead atoms. The van der Waals surface area contributed by atoms with E-state index < -0.39 is 5.60 Å². The minimum atomic E-state index is -0.403. The highest BCUT2D eigenvalue weighted by Crippen LogP contribution is 2.40. The van der Waals surface area contributed by atoms with Gasteiger partial charge in [-0.25, -0.2) is 4.79 Å². The number of carbonyl (C=O) groups is 1. The second kappa shape index (κ2) is 4.97. The van der Waals surface area contributed by atoms with Crippen molar-refractivity contribution in [3.63, 3.8) is 0 Å². The maximum Gasteiger partial charge on any atom is 0.410 e. The van der Waals surface area contributed by atoms with Gasteiger partial charge in [0.1, 0.15) is 5.60 Å². The number of hydrogen-bond acceptors (Lipinski definition) is 3. The second-order valence-corrected chi connectivity index (χ2v) is 7.44. The molecule has 2 saturated heterocycles. The number of amides is 1. The summed E-state index contributed by atoms with van der Waals surface area (Å²) in [5.41, 5.74) is -0.178. The van der Waals surface area contributed by atoms with Crippen LogP contribution in [0, 0.1) is 5.41 Å². The molecule has 2 atom stereocenters. The van der Waals surface area contributed by atoms with Crippen LogP contribution in [0.3, 0.4) is 0 Å². The van der Waals surface area contributed by atoms with Crippen LogP contribution in [0.4, 0.5) is 4.79 Å². The SMILES string of the molecule is CN1CCC[C@H]1[C@]1(C)CCN(C(=O)OC(C)(C)C)C1. The van der Waals surface area contributed by atoms with Gasteiger partial charge in [-0.2, -0.15) is 0 Å². The molecular formula is C15H28N2O2. The van der Waals surface area contributed by atoms with Gasteiger partial charge in [-0.15, -0.1) is 0 Å². The van der Waals surface area contributed by atoms with E-state index in [0.29, 0.717) is 6.04 Å².